The number of benzene rings is 2. The van der Waals surface area contributed by atoms with Gasteiger partial charge in [-0.15, -0.1) is 0 Å². The summed E-state index contributed by atoms with van der Waals surface area (Å²) in [4.78, 5) is 35.2. The number of carbonyl (C=O) groups is 3. The molecule has 3 rings (SSSR count). The fourth-order valence-electron chi connectivity index (χ4n) is 2.47. The lowest BCUT2D eigenvalue weighted by atomic mass is 10.1. The SMILES string of the molecule is CC(=O)Nc1cccc(NC(=O)COC(=O)c2cc(-c3ccccc3)n[nH]2)c1. The largest absolute Gasteiger partial charge is 0.451 e. The molecule has 0 saturated carbocycles. The van der Waals surface area contributed by atoms with Gasteiger partial charge in [0.1, 0.15) is 5.69 Å². The Kier molecular flexibility index (Phi) is 5.81. The number of H-pyrrole nitrogens is 1. The van der Waals surface area contributed by atoms with Crippen molar-refractivity contribution in [3.8, 4) is 11.3 Å². The van der Waals surface area contributed by atoms with Crippen LogP contribution in [0.2, 0.25) is 0 Å². The van der Waals surface area contributed by atoms with Crippen LogP contribution in [0.5, 0.6) is 0 Å². The summed E-state index contributed by atoms with van der Waals surface area (Å²) in [6, 6.07) is 17.6. The summed E-state index contributed by atoms with van der Waals surface area (Å²) in [6.07, 6.45) is 0. The highest BCUT2D eigenvalue weighted by molar-refractivity contribution is 5.96. The summed E-state index contributed by atoms with van der Waals surface area (Å²) in [6.45, 7) is 0.937. The van der Waals surface area contributed by atoms with E-state index in [0.717, 1.165) is 5.56 Å². The van der Waals surface area contributed by atoms with Crippen molar-refractivity contribution in [2.24, 2.45) is 0 Å². The maximum absolute atomic E-state index is 12.1. The molecule has 0 saturated heterocycles. The van der Waals surface area contributed by atoms with Gasteiger partial charge in [0, 0.05) is 23.9 Å². The number of nitrogens with zero attached hydrogens (tertiary/aromatic N) is 1. The van der Waals surface area contributed by atoms with Crippen LogP contribution in [-0.2, 0) is 14.3 Å². The van der Waals surface area contributed by atoms with E-state index in [4.69, 9.17) is 4.74 Å². The minimum atomic E-state index is -0.683. The predicted octanol–water partition coefficient (Wildman–Crippen LogP) is 2.83. The smallest absolute Gasteiger partial charge is 0.356 e. The lowest BCUT2D eigenvalue weighted by molar-refractivity contribution is -0.119. The molecule has 0 unspecified atom stereocenters. The van der Waals surface area contributed by atoms with Gasteiger partial charge in [0.2, 0.25) is 5.91 Å². The number of aromatic nitrogens is 2. The van der Waals surface area contributed by atoms with Crippen molar-refractivity contribution >= 4 is 29.2 Å². The number of carbonyl (C=O) groups excluding carboxylic acids is 3. The van der Waals surface area contributed by atoms with Gasteiger partial charge in [-0.3, -0.25) is 14.7 Å². The molecule has 142 valence electrons. The Hall–Kier alpha value is -3.94. The topological polar surface area (TPSA) is 113 Å². The van der Waals surface area contributed by atoms with Crippen molar-refractivity contribution in [3.63, 3.8) is 0 Å². The van der Waals surface area contributed by atoms with Gasteiger partial charge in [0.15, 0.2) is 6.61 Å². The van der Waals surface area contributed by atoms with Gasteiger partial charge in [-0.2, -0.15) is 5.10 Å². The first-order valence-corrected chi connectivity index (χ1v) is 8.47. The number of ether oxygens (including phenoxy) is 1. The number of hydrogen-bond acceptors (Lipinski definition) is 5. The quantitative estimate of drug-likeness (QED) is 0.571. The van der Waals surface area contributed by atoms with Gasteiger partial charge in [0.05, 0.1) is 5.69 Å². The van der Waals surface area contributed by atoms with Gasteiger partial charge in [-0.25, -0.2) is 4.79 Å². The highest BCUT2D eigenvalue weighted by Crippen LogP contribution is 2.17. The minimum absolute atomic E-state index is 0.152. The number of hydrogen-bond donors (Lipinski definition) is 3. The van der Waals surface area contributed by atoms with Crippen LogP contribution >= 0.6 is 0 Å². The number of aromatic amines is 1. The van der Waals surface area contributed by atoms with Gasteiger partial charge < -0.3 is 15.4 Å². The van der Waals surface area contributed by atoms with E-state index in [9.17, 15) is 14.4 Å². The second kappa shape index (κ2) is 8.63. The second-order valence-corrected chi connectivity index (χ2v) is 5.92. The van der Waals surface area contributed by atoms with Gasteiger partial charge in [0.25, 0.3) is 5.91 Å². The van der Waals surface area contributed by atoms with Crippen LogP contribution in [0.25, 0.3) is 11.3 Å². The molecule has 1 aromatic heterocycles. The van der Waals surface area contributed by atoms with Crippen molar-refractivity contribution < 1.29 is 19.1 Å². The third-order valence-electron chi connectivity index (χ3n) is 3.67. The summed E-state index contributed by atoms with van der Waals surface area (Å²) in [7, 11) is 0. The summed E-state index contributed by atoms with van der Waals surface area (Å²) in [5.74, 6) is -1.40. The summed E-state index contributed by atoms with van der Waals surface area (Å²) in [5, 5.41) is 11.9. The van der Waals surface area contributed by atoms with Crippen LogP contribution in [-0.4, -0.2) is 34.6 Å². The second-order valence-electron chi connectivity index (χ2n) is 5.92. The summed E-state index contributed by atoms with van der Waals surface area (Å²) in [5.41, 5.74) is 2.63. The maximum atomic E-state index is 12.1. The van der Waals surface area contributed by atoms with E-state index in [1.54, 1.807) is 30.3 Å². The number of amides is 2. The first-order chi connectivity index (χ1) is 13.5. The van der Waals surface area contributed by atoms with Crippen LogP contribution in [0.1, 0.15) is 17.4 Å². The molecule has 0 fully saturated rings. The van der Waals surface area contributed by atoms with Crippen LogP contribution < -0.4 is 10.6 Å². The fourth-order valence-corrected chi connectivity index (χ4v) is 2.47. The molecule has 1 heterocycles. The normalized spacial score (nSPS) is 10.2. The summed E-state index contributed by atoms with van der Waals surface area (Å²) >= 11 is 0. The fraction of sp³-hybridized carbons (Fsp3) is 0.100. The molecule has 0 aliphatic rings. The van der Waals surface area contributed by atoms with E-state index in [-0.39, 0.29) is 11.6 Å². The Morgan fingerprint density at radius 2 is 1.68 bits per heavy atom. The number of nitrogens with one attached hydrogen (secondary N) is 3. The third kappa shape index (κ3) is 5.04. The minimum Gasteiger partial charge on any atom is -0.451 e. The average Bonchev–Trinajstić information content (AvgIpc) is 3.17. The van der Waals surface area contributed by atoms with Crippen LogP contribution in [0.4, 0.5) is 11.4 Å². The zero-order valence-corrected chi connectivity index (χ0v) is 15.1. The highest BCUT2D eigenvalue weighted by Gasteiger charge is 2.14. The molecule has 0 aliphatic heterocycles. The Labute approximate surface area is 160 Å². The van der Waals surface area contributed by atoms with E-state index >= 15 is 0 Å². The number of esters is 1. The van der Waals surface area contributed by atoms with Crippen molar-refractivity contribution in [1.29, 1.82) is 0 Å². The molecule has 8 heteroatoms. The monoisotopic (exact) mass is 378 g/mol. The molecule has 3 aromatic rings. The molecule has 28 heavy (non-hydrogen) atoms. The van der Waals surface area contributed by atoms with Crippen LogP contribution in [0.3, 0.4) is 0 Å². The van der Waals surface area contributed by atoms with Crippen molar-refractivity contribution in [2.45, 2.75) is 6.92 Å². The molecule has 0 atom stereocenters. The Morgan fingerprint density at radius 1 is 0.964 bits per heavy atom. The van der Waals surface area contributed by atoms with E-state index in [0.29, 0.717) is 17.1 Å². The lowest BCUT2D eigenvalue weighted by Crippen LogP contribution is -2.21. The maximum Gasteiger partial charge on any atom is 0.356 e. The molecule has 2 aromatic carbocycles. The van der Waals surface area contributed by atoms with E-state index in [2.05, 4.69) is 20.8 Å². The van der Waals surface area contributed by atoms with E-state index < -0.39 is 18.5 Å². The first-order valence-electron chi connectivity index (χ1n) is 8.47. The van der Waals surface area contributed by atoms with Gasteiger partial charge >= 0.3 is 5.97 Å². The molecule has 2 amide bonds. The lowest BCUT2D eigenvalue weighted by Gasteiger charge is -2.08. The molecule has 3 N–H and O–H groups in total. The van der Waals surface area contributed by atoms with Crippen molar-refractivity contribution in [3.05, 3.63) is 66.4 Å². The molecule has 0 radical (unpaired) electrons. The zero-order valence-electron chi connectivity index (χ0n) is 15.1. The molecule has 0 aliphatic carbocycles. The Bertz CT molecular complexity index is 998. The van der Waals surface area contributed by atoms with Crippen LogP contribution in [0, 0.1) is 0 Å². The number of anilines is 2. The van der Waals surface area contributed by atoms with Crippen LogP contribution in [0.15, 0.2) is 60.7 Å². The third-order valence-corrected chi connectivity index (χ3v) is 3.67. The first kappa shape index (κ1) is 18.8. The highest BCUT2D eigenvalue weighted by atomic mass is 16.5. The van der Waals surface area contributed by atoms with E-state index in [1.807, 2.05) is 30.3 Å². The van der Waals surface area contributed by atoms with Gasteiger partial charge in [-0.05, 0) is 24.3 Å². The van der Waals surface area contributed by atoms with E-state index in [1.165, 1.54) is 6.92 Å². The zero-order chi connectivity index (χ0) is 19.9. The molecular formula is C20H18N4O4. The van der Waals surface area contributed by atoms with Crippen molar-refractivity contribution in [1.82, 2.24) is 10.2 Å². The number of rotatable bonds is 6. The molecule has 0 spiro atoms. The predicted molar refractivity (Wildman–Crippen MR) is 104 cm³/mol. The Morgan fingerprint density at radius 3 is 2.39 bits per heavy atom. The van der Waals surface area contributed by atoms with Crippen molar-refractivity contribution in [2.75, 3.05) is 17.2 Å². The molecular weight excluding hydrogens is 360 g/mol. The standard InChI is InChI=1S/C20H18N4O4/c1-13(25)21-15-8-5-9-16(10-15)22-19(26)12-28-20(27)18-11-17(23-24-18)14-6-3-2-4-7-14/h2-11H,12H2,1H3,(H,21,25)(H,22,26)(H,23,24). The summed E-state index contributed by atoms with van der Waals surface area (Å²) < 4.78 is 5.01. The molecule has 8 nitrogen and oxygen atoms in total. The van der Waals surface area contributed by atoms with Gasteiger partial charge in [-0.1, -0.05) is 36.4 Å². The Balaban J connectivity index is 1.54. The average molecular weight is 378 g/mol. The molecule has 0 bridgehead atoms.